The fourth-order valence-corrected chi connectivity index (χ4v) is 3.32. The van der Waals surface area contributed by atoms with Gasteiger partial charge in [0.25, 0.3) is 5.91 Å². The van der Waals surface area contributed by atoms with Gasteiger partial charge in [0.15, 0.2) is 5.82 Å². The molecule has 136 valence electrons. The summed E-state index contributed by atoms with van der Waals surface area (Å²) >= 11 is 0. The van der Waals surface area contributed by atoms with E-state index in [-0.39, 0.29) is 11.9 Å². The number of pyridine rings is 1. The van der Waals surface area contributed by atoms with Gasteiger partial charge in [0.1, 0.15) is 0 Å². The number of aromatic nitrogens is 3. The Morgan fingerprint density at radius 3 is 2.74 bits per heavy atom. The summed E-state index contributed by atoms with van der Waals surface area (Å²) < 4.78 is 0. The molecule has 1 N–H and O–H groups in total. The molecule has 3 aromatic rings. The van der Waals surface area contributed by atoms with Gasteiger partial charge in [-0.3, -0.25) is 9.78 Å². The SMILES string of the molecule is Cc1nc(-c2cccnc2)ncc1C(=O)N1CCN[C@H](c2ccccc2)C1. The number of nitrogens with one attached hydrogen (secondary N) is 1. The fraction of sp³-hybridized carbons (Fsp3) is 0.238. The molecule has 0 aliphatic carbocycles. The molecule has 1 saturated heterocycles. The highest BCUT2D eigenvalue weighted by atomic mass is 16.2. The quantitative estimate of drug-likeness (QED) is 0.778. The molecule has 1 aliphatic heterocycles. The Morgan fingerprint density at radius 1 is 1.15 bits per heavy atom. The summed E-state index contributed by atoms with van der Waals surface area (Å²) in [5, 5.41) is 3.48. The number of rotatable bonds is 3. The van der Waals surface area contributed by atoms with Gasteiger partial charge >= 0.3 is 0 Å². The van der Waals surface area contributed by atoms with Crippen LogP contribution in [0, 0.1) is 6.92 Å². The first-order valence-electron chi connectivity index (χ1n) is 9.04. The number of hydrogen-bond donors (Lipinski definition) is 1. The maximum absolute atomic E-state index is 13.1. The van der Waals surface area contributed by atoms with E-state index >= 15 is 0 Å². The zero-order valence-electron chi connectivity index (χ0n) is 15.2. The highest BCUT2D eigenvalue weighted by Gasteiger charge is 2.26. The lowest BCUT2D eigenvalue weighted by Crippen LogP contribution is -2.48. The van der Waals surface area contributed by atoms with Crippen molar-refractivity contribution in [3.05, 3.63) is 77.9 Å². The van der Waals surface area contributed by atoms with Crippen LogP contribution in [0.25, 0.3) is 11.4 Å². The van der Waals surface area contributed by atoms with Crippen molar-refractivity contribution < 1.29 is 4.79 Å². The molecule has 4 rings (SSSR count). The topological polar surface area (TPSA) is 71.0 Å². The second-order valence-electron chi connectivity index (χ2n) is 6.60. The van der Waals surface area contributed by atoms with Crippen LogP contribution in [-0.2, 0) is 0 Å². The molecular formula is C21H21N5O. The van der Waals surface area contributed by atoms with Crippen molar-refractivity contribution >= 4 is 5.91 Å². The van der Waals surface area contributed by atoms with Crippen LogP contribution >= 0.6 is 0 Å². The zero-order valence-corrected chi connectivity index (χ0v) is 15.2. The molecular weight excluding hydrogens is 338 g/mol. The molecule has 0 spiro atoms. The second-order valence-corrected chi connectivity index (χ2v) is 6.60. The van der Waals surface area contributed by atoms with Gasteiger partial charge in [-0.1, -0.05) is 30.3 Å². The van der Waals surface area contributed by atoms with Crippen molar-refractivity contribution in [1.82, 2.24) is 25.2 Å². The fourth-order valence-electron chi connectivity index (χ4n) is 3.32. The van der Waals surface area contributed by atoms with Crippen molar-refractivity contribution in [1.29, 1.82) is 0 Å². The van der Waals surface area contributed by atoms with Gasteiger partial charge in [0.2, 0.25) is 0 Å². The molecule has 0 saturated carbocycles. The van der Waals surface area contributed by atoms with Gasteiger partial charge in [0.05, 0.1) is 11.3 Å². The summed E-state index contributed by atoms with van der Waals surface area (Å²) in [7, 11) is 0. The minimum absolute atomic E-state index is 0.0207. The monoisotopic (exact) mass is 359 g/mol. The number of aryl methyl sites for hydroxylation is 1. The maximum atomic E-state index is 13.1. The average Bonchev–Trinajstić information content (AvgIpc) is 2.74. The molecule has 0 radical (unpaired) electrons. The Labute approximate surface area is 158 Å². The number of amides is 1. The first-order chi connectivity index (χ1) is 13.2. The smallest absolute Gasteiger partial charge is 0.257 e. The van der Waals surface area contributed by atoms with Crippen LogP contribution in [0.15, 0.2) is 61.1 Å². The maximum Gasteiger partial charge on any atom is 0.257 e. The molecule has 0 bridgehead atoms. The summed E-state index contributed by atoms with van der Waals surface area (Å²) in [6, 6.07) is 14.1. The lowest BCUT2D eigenvalue weighted by Gasteiger charge is -2.34. The average molecular weight is 359 g/mol. The third-order valence-corrected chi connectivity index (χ3v) is 4.79. The van der Waals surface area contributed by atoms with Crippen LogP contribution in [0.1, 0.15) is 27.7 Å². The first-order valence-corrected chi connectivity index (χ1v) is 9.04. The van der Waals surface area contributed by atoms with E-state index in [0.717, 1.165) is 12.1 Å². The molecule has 0 unspecified atom stereocenters. The molecule has 1 aromatic carbocycles. The van der Waals surface area contributed by atoms with Crippen LogP contribution in [0.4, 0.5) is 0 Å². The Kier molecular flexibility index (Phi) is 4.89. The van der Waals surface area contributed by atoms with Crippen LogP contribution in [0.3, 0.4) is 0 Å². The van der Waals surface area contributed by atoms with Crippen LogP contribution < -0.4 is 5.32 Å². The van der Waals surface area contributed by atoms with E-state index < -0.39 is 0 Å². The Morgan fingerprint density at radius 2 is 2.00 bits per heavy atom. The number of carbonyl (C=O) groups excluding carboxylic acids is 1. The molecule has 1 aliphatic rings. The van der Waals surface area contributed by atoms with Crippen molar-refractivity contribution in [3.63, 3.8) is 0 Å². The van der Waals surface area contributed by atoms with Crippen LogP contribution in [0.2, 0.25) is 0 Å². The van der Waals surface area contributed by atoms with Gasteiger partial charge in [0, 0.05) is 49.8 Å². The molecule has 27 heavy (non-hydrogen) atoms. The van der Waals surface area contributed by atoms with E-state index in [1.54, 1.807) is 18.6 Å². The van der Waals surface area contributed by atoms with E-state index in [9.17, 15) is 4.79 Å². The van der Waals surface area contributed by atoms with Gasteiger partial charge < -0.3 is 10.2 Å². The summed E-state index contributed by atoms with van der Waals surface area (Å²) in [6.07, 6.45) is 5.06. The van der Waals surface area contributed by atoms with E-state index in [4.69, 9.17) is 0 Å². The van der Waals surface area contributed by atoms with E-state index in [0.29, 0.717) is 30.2 Å². The summed E-state index contributed by atoms with van der Waals surface area (Å²) in [5.41, 5.74) is 3.26. The van der Waals surface area contributed by atoms with Crippen molar-refractivity contribution in [2.24, 2.45) is 0 Å². The number of nitrogens with zero attached hydrogens (tertiary/aromatic N) is 4. The third-order valence-electron chi connectivity index (χ3n) is 4.79. The molecule has 3 heterocycles. The number of carbonyl (C=O) groups is 1. The standard InChI is InChI=1S/C21H21N5O/c1-15-18(13-24-20(25-15)17-8-5-9-22-12-17)21(27)26-11-10-23-19(14-26)16-6-3-2-4-7-16/h2-9,12-13,19,23H,10-11,14H2,1H3/t19-/m0/s1. The molecule has 6 heteroatoms. The first kappa shape index (κ1) is 17.3. The summed E-state index contributed by atoms with van der Waals surface area (Å²) in [5.74, 6) is 0.562. The van der Waals surface area contributed by atoms with Crippen molar-refractivity contribution in [3.8, 4) is 11.4 Å². The van der Waals surface area contributed by atoms with Crippen LogP contribution in [0.5, 0.6) is 0 Å². The van der Waals surface area contributed by atoms with Gasteiger partial charge in [-0.2, -0.15) is 0 Å². The van der Waals surface area contributed by atoms with Crippen molar-refractivity contribution in [2.45, 2.75) is 13.0 Å². The van der Waals surface area contributed by atoms with Gasteiger partial charge in [-0.15, -0.1) is 0 Å². The lowest BCUT2D eigenvalue weighted by atomic mass is 10.0. The third kappa shape index (κ3) is 3.71. The minimum Gasteiger partial charge on any atom is -0.335 e. The number of piperazine rings is 1. The van der Waals surface area contributed by atoms with E-state index in [2.05, 4.69) is 32.4 Å². The molecule has 1 amide bonds. The Bertz CT molecular complexity index is 930. The number of benzene rings is 1. The van der Waals surface area contributed by atoms with E-state index in [1.807, 2.05) is 42.2 Å². The minimum atomic E-state index is -0.0207. The lowest BCUT2D eigenvalue weighted by molar-refractivity contribution is 0.0701. The molecule has 2 aromatic heterocycles. The predicted octanol–water partition coefficient (Wildman–Crippen LogP) is 2.63. The highest BCUT2D eigenvalue weighted by molar-refractivity contribution is 5.95. The Hall–Kier alpha value is -3.12. The highest BCUT2D eigenvalue weighted by Crippen LogP contribution is 2.20. The van der Waals surface area contributed by atoms with Crippen molar-refractivity contribution in [2.75, 3.05) is 19.6 Å². The summed E-state index contributed by atoms with van der Waals surface area (Å²) in [6.45, 7) is 3.92. The van der Waals surface area contributed by atoms with Gasteiger partial charge in [-0.25, -0.2) is 9.97 Å². The van der Waals surface area contributed by atoms with Gasteiger partial charge in [-0.05, 0) is 24.6 Å². The Balaban J connectivity index is 1.54. The van der Waals surface area contributed by atoms with Crippen LogP contribution in [-0.4, -0.2) is 45.4 Å². The predicted molar refractivity (Wildman–Crippen MR) is 103 cm³/mol. The molecule has 1 fully saturated rings. The molecule has 1 atom stereocenters. The van der Waals surface area contributed by atoms with E-state index in [1.165, 1.54) is 5.56 Å². The number of hydrogen-bond acceptors (Lipinski definition) is 5. The summed E-state index contributed by atoms with van der Waals surface area (Å²) in [4.78, 5) is 27.9. The zero-order chi connectivity index (χ0) is 18.6. The molecule has 6 nitrogen and oxygen atoms in total. The normalized spacial score (nSPS) is 16.9. The second kappa shape index (κ2) is 7.63. The largest absolute Gasteiger partial charge is 0.335 e.